The highest BCUT2D eigenvalue weighted by molar-refractivity contribution is 5.95. The summed E-state index contributed by atoms with van der Waals surface area (Å²) in [5.74, 6) is -0.476. The van der Waals surface area contributed by atoms with Crippen molar-refractivity contribution in [1.29, 1.82) is 0 Å². The van der Waals surface area contributed by atoms with Crippen LogP contribution in [-0.4, -0.2) is 27.9 Å². The minimum atomic E-state index is -1.26. The Morgan fingerprint density at radius 2 is 1.49 bits per heavy atom. The fraction of sp³-hybridized carbons (Fsp3) is 0.229. The molecule has 220 valence electrons. The van der Waals surface area contributed by atoms with Crippen molar-refractivity contribution < 1.29 is 29.3 Å². The molecule has 1 aliphatic carbocycles. The van der Waals surface area contributed by atoms with E-state index in [-0.39, 0.29) is 28.9 Å². The van der Waals surface area contributed by atoms with Crippen LogP contribution in [0.1, 0.15) is 70.0 Å². The SMILES string of the molecule is O=C(NCc1ccc(Oc2ccccc2)cc1)c1ccc(C(Nc2ccc(O)c(C(=O)O)c2)C(=O)C2CCCCC2)cc1. The molecule has 4 N–H and O–H groups in total. The van der Waals surface area contributed by atoms with Gasteiger partial charge in [-0.1, -0.05) is 61.7 Å². The summed E-state index contributed by atoms with van der Waals surface area (Å²) in [7, 11) is 0. The van der Waals surface area contributed by atoms with Crippen LogP contribution in [0.5, 0.6) is 17.2 Å². The van der Waals surface area contributed by atoms with Crippen molar-refractivity contribution in [3.05, 3.63) is 119 Å². The summed E-state index contributed by atoms with van der Waals surface area (Å²) in [6.07, 6.45) is 4.72. The fourth-order valence-electron chi connectivity index (χ4n) is 5.32. The number of amides is 1. The molecule has 8 nitrogen and oxygen atoms in total. The molecule has 0 aliphatic heterocycles. The van der Waals surface area contributed by atoms with Crippen molar-refractivity contribution in [2.24, 2.45) is 5.92 Å². The first-order valence-electron chi connectivity index (χ1n) is 14.4. The van der Waals surface area contributed by atoms with Gasteiger partial charge in [-0.25, -0.2) is 4.79 Å². The first-order valence-corrected chi connectivity index (χ1v) is 14.4. The Bertz CT molecular complexity index is 1560. The van der Waals surface area contributed by atoms with Gasteiger partial charge in [0.15, 0.2) is 5.78 Å². The number of carboxylic acid groups (broad SMARTS) is 1. The molecule has 1 atom stereocenters. The lowest BCUT2D eigenvalue weighted by atomic mass is 9.82. The lowest BCUT2D eigenvalue weighted by Crippen LogP contribution is -2.29. The van der Waals surface area contributed by atoms with Gasteiger partial charge in [0.25, 0.3) is 5.91 Å². The molecule has 8 heteroatoms. The lowest BCUT2D eigenvalue weighted by Gasteiger charge is -2.27. The summed E-state index contributed by atoms with van der Waals surface area (Å²) >= 11 is 0. The van der Waals surface area contributed by atoms with Crippen LogP contribution in [0.15, 0.2) is 97.1 Å². The van der Waals surface area contributed by atoms with Crippen LogP contribution in [0, 0.1) is 5.92 Å². The van der Waals surface area contributed by atoms with Crippen LogP contribution >= 0.6 is 0 Å². The zero-order valence-corrected chi connectivity index (χ0v) is 23.7. The fourth-order valence-corrected chi connectivity index (χ4v) is 5.32. The molecule has 1 aliphatic rings. The topological polar surface area (TPSA) is 125 Å². The van der Waals surface area contributed by atoms with E-state index >= 15 is 0 Å². The number of hydrogen-bond acceptors (Lipinski definition) is 6. The highest BCUT2D eigenvalue weighted by atomic mass is 16.5. The van der Waals surface area contributed by atoms with Crippen molar-refractivity contribution >= 4 is 23.3 Å². The molecule has 1 unspecified atom stereocenters. The first kappa shape index (κ1) is 29.4. The van der Waals surface area contributed by atoms with E-state index < -0.39 is 12.0 Å². The molecule has 0 saturated heterocycles. The van der Waals surface area contributed by atoms with Crippen molar-refractivity contribution in [3.63, 3.8) is 0 Å². The summed E-state index contributed by atoms with van der Waals surface area (Å²) in [5, 5.41) is 25.5. The summed E-state index contributed by atoms with van der Waals surface area (Å²) in [6.45, 7) is 0.337. The van der Waals surface area contributed by atoms with E-state index in [2.05, 4.69) is 10.6 Å². The molecule has 1 amide bonds. The van der Waals surface area contributed by atoms with E-state index in [0.29, 0.717) is 29.1 Å². The van der Waals surface area contributed by atoms with Gasteiger partial charge in [0.2, 0.25) is 0 Å². The average Bonchev–Trinajstić information content (AvgIpc) is 3.04. The van der Waals surface area contributed by atoms with Crippen molar-refractivity contribution in [1.82, 2.24) is 5.32 Å². The number of phenols is 1. The third-order valence-corrected chi connectivity index (χ3v) is 7.69. The Kier molecular flexibility index (Phi) is 9.36. The smallest absolute Gasteiger partial charge is 0.339 e. The molecule has 0 bridgehead atoms. The second-order valence-corrected chi connectivity index (χ2v) is 10.7. The Labute approximate surface area is 250 Å². The van der Waals surface area contributed by atoms with Crippen LogP contribution in [0.4, 0.5) is 5.69 Å². The van der Waals surface area contributed by atoms with Crippen molar-refractivity contribution in [2.45, 2.75) is 44.7 Å². The number of aromatic carboxylic acids is 1. The second-order valence-electron chi connectivity index (χ2n) is 10.7. The Balaban J connectivity index is 1.26. The third kappa shape index (κ3) is 7.60. The maximum Gasteiger partial charge on any atom is 0.339 e. The van der Waals surface area contributed by atoms with Gasteiger partial charge in [-0.05, 0) is 78.6 Å². The minimum Gasteiger partial charge on any atom is -0.507 e. The number of carboxylic acids is 1. The van der Waals surface area contributed by atoms with Crippen LogP contribution < -0.4 is 15.4 Å². The number of carbonyl (C=O) groups excluding carboxylic acids is 2. The Morgan fingerprint density at radius 3 is 2.16 bits per heavy atom. The number of rotatable bonds is 11. The second kappa shape index (κ2) is 13.7. The van der Waals surface area contributed by atoms with E-state index in [1.807, 2.05) is 54.6 Å². The van der Waals surface area contributed by atoms with Crippen LogP contribution in [0.3, 0.4) is 0 Å². The largest absolute Gasteiger partial charge is 0.507 e. The predicted molar refractivity (Wildman–Crippen MR) is 164 cm³/mol. The predicted octanol–water partition coefficient (Wildman–Crippen LogP) is 7.12. The molecule has 0 heterocycles. The quantitative estimate of drug-likeness (QED) is 0.140. The number of hydrogen-bond donors (Lipinski definition) is 4. The van der Waals surface area contributed by atoms with Gasteiger partial charge in [0.05, 0.1) is 0 Å². The number of carbonyl (C=O) groups is 3. The molecule has 43 heavy (non-hydrogen) atoms. The summed E-state index contributed by atoms with van der Waals surface area (Å²) in [5.41, 5.74) is 2.20. The molecule has 0 radical (unpaired) electrons. The van der Waals surface area contributed by atoms with Crippen LogP contribution in [0.25, 0.3) is 0 Å². The van der Waals surface area contributed by atoms with E-state index in [4.69, 9.17) is 4.74 Å². The van der Waals surface area contributed by atoms with Gasteiger partial charge in [-0.3, -0.25) is 9.59 Å². The Morgan fingerprint density at radius 1 is 0.814 bits per heavy atom. The van der Waals surface area contributed by atoms with Crippen molar-refractivity contribution in [3.8, 4) is 17.2 Å². The molecule has 4 aromatic carbocycles. The molecular weight excluding hydrogens is 544 g/mol. The van der Waals surface area contributed by atoms with E-state index in [0.717, 1.165) is 43.4 Å². The monoisotopic (exact) mass is 578 g/mol. The minimum absolute atomic E-state index is 0.0292. The molecular formula is C35H34N2O6. The number of anilines is 1. The van der Waals surface area contributed by atoms with E-state index in [1.54, 1.807) is 30.3 Å². The van der Waals surface area contributed by atoms with Crippen LogP contribution in [0.2, 0.25) is 0 Å². The van der Waals surface area contributed by atoms with Gasteiger partial charge >= 0.3 is 5.97 Å². The van der Waals surface area contributed by atoms with E-state index in [1.165, 1.54) is 12.1 Å². The third-order valence-electron chi connectivity index (χ3n) is 7.69. The molecule has 0 spiro atoms. The standard InChI is InChI=1S/C35H34N2O6/c38-31-20-17-27(21-30(31)35(41)42)37-32(33(39)25-7-3-1-4-8-25)24-13-15-26(16-14-24)34(40)36-22-23-11-18-29(19-12-23)43-28-9-5-2-6-10-28/h2,5-6,9-21,25,32,37-38H,1,3-4,7-8,22H2,(H,36,40)(H,41,42). The number of nitrogens with one attached hydrogen (secondary N) is 2. The summed E-state index contributed by atoms with van der Waals surface area (Å²) in [6, 6.07) is 27.3. The number of para-hydroxylation sites is 1. The molecule has 1 saturated carbocycles. The van der Waals surface area contributed by atoms with Gasteiger partial charge in [-0.2, -0.15) is 0 Å². The van der Waals surface area contributed by atoms with Crippen molar-refractivity contribution in [2.75, 3.05) is 5.32 Å². The molecule has 1 fully saturated rings. The zero-order chi connectivity index (χ0) is 30.2. The number of aromatic hydroxyl groups is 1. The molecule has 4 aromatic rings. The van der Waals surface area contributed by atoms with E-state index in [9.17, 15) is 24.6 Å². The summed E-state index contributed by atoms with van der Waals surface area (Å²) in [4.78, 5) is 38.1. The summed E-state index contributed by atoms with van der Waals surface area (Å²) < 4.78 is 5.82. The normalized spacial score (nSPS) is 14.0. The highest BCUT2D eigenvalue weighted by Gasteiger charge is 2.30. The lowest BCUT2D eigenvalue weighted by molar-refractivity contribution is -0.124. The van der Waals surface area contributed by atoms with Gasteiger partial charge < -0.3 is 25.6 Å². The zero-order valence-electron chi connectivity index (χ0n) is 23.7. The number of ether oxygens (including phenoxy) is 1. The number of ketones is 1. The number of benzene rings is 4. The Hall–Kier alpha value is -5.11. The number of Topliss-reactive ketones (excluding diaryl/α,β-unsaturated/α-hetero) is 1. The maximum atomic E-state index is 13.7. The highest BCUT2D eigenvalue weighted by Crippen LogP contribution is 2.32. The van der Waals surface area contributed by atoms with Crippen LogP contribution in [-0.2, 0) is 11.3 Å². The van der Waals surface area contributed by atoms with Gasteiger partial charge in [0, 0.05) is 23.7 Å². The van der Waals surface area contributed by atoms with Gasteiger partial charge in [-0.15, -0.1) is 0 Å². The van der Waals surface area contributed by atoms with Gasteiger partial charge in [0.1, 0.15) is 28.9 Å². The molecule has 0 aromatic heterocycles. The average molecular weight is 579 g/mol. The maximum absolute atomic E-state index is 13.7. The first-order chi connectivity index (χ1) is 20.9. The molecule has 5 rings (SSSR count).